The molecule has 0 spiro atoms. The predicted molar refractivity (Wildman–Crippen MR) is 41.4 cm³/mol. The molecule has 7 heteroatoms. The van der Waals surface area contributed by atoms with Crippen LogP contribution in [-0.4, -0.2) is 21.5 Å². The summed E-state index contributed by atoms with van der Waals surface area (Å²) < 4.78 is 30.2. The highest BCUT2D eigenvalue weighted by atomic mass is 32.2. The Labute approximate surface area is 74.3 Å². The molecule has 72 valence electrons. The van der Waals surface area contributed by atoms with Crippen molar-refractivity contribution in [2.45, 2.75) is 5.09 Å². The van der Waals surface area contributed by atoms with E-state index in [1.807, 2.05) is 0 Å². The topological polar surface area (TPSA) is 99.6 Å². The lowest BCUT2D eigenvalue weighted by Gasteiger charge is -1.90. The van der Waals surface area contributed by atoms with Crippen LogP contribution in [0.5, 0.6) is 0 Å². The molecule has 0 bridgehead atoms. The molecule has 0 unspecified atom stereocenters. The number of nitrogens with two attached hydrogens (primary N) is 1. The number of hydrogen-bond acceptors (Lipinski definition) is 5. The molecule has 13 heavy (non-hydrogen) atoms. The minimum Gasteiger partial charge on any atom is -0.465 e. The fraction of sp³-hybridized carbons (Fsp3) is 0.167. The standard InChI is InChI=1S/C6H7NO5S/c1-11-6(8)4-2-5(12-3-4)13(7,9)10/h2-3H,1H3,(H2,7,9,10). The molecule has 0 saturated carbocycles. The van der Waals surface area contributed by atoms with Gasteiger partial charge in [-0.3, -0.25) is 0 Å². The highest BCUT2D eigenvalue weighted by molar-refractivity contribution is 7.89. The van der Waals surface area contributed by atoms with Gasteiger partial charge in [-0.25, -0.2) is 18.4 Å². The summed E-state index contributed by atoms with van der Waals surface area (Å²) in [5.41, 5.74) is 0.00604. The van der Waals surface area contributed by atoms with Gasteiger partial charge in [-0.05, 0) is 0 Å². The summed E-state index contributed by atoms with van der Waals surface area (Å²) in [6.45, 7) is 0. The molecule has 0 amide bonds. The predicted octanol–water partition coefficient (Wildman–Crippen LogP) is -0.286. The molecule has 0 radical (unpaired) electrons. The van der Waals surface area contributed by atoms with Crippen LogP contribution < -0.4 is 5.14 Å². The number of sulfonamides is 1. The van der Waals surface area contributed by atoms with Crippen LogP contribution in [0.1, 0.15) is 10.4 Å². The lowest BCUT2D eigenvalue weighted by atomic mass is 10.3. The molecule has 0 saturated heterocycles. The molecule has 2 N–H and O–H groups in total. The second-order valence-electron chi connectivity index (χ2n) is 2.19. The van der Waals surface area contributed by atoms with Crippen LogP contribution in [-0.2, 0) is 14.8 Å². The molecular weight excluding hydrogens is 198 g/mol. The Hall–Kier alpha value is -1.34. The van der Waals surface area contributed by atoms with Crippen molar-refractivity contribution in [1.82, 2.24) is 0 Å². The van der Waals surface area contributed by atoms with Crippen LogP contribution in [0.4, 0.5) is 0 Å². The zero-order valence-corrected chi connectivity index (χ0v) is 7.50. The normalized spacial score (nSPS) is 11.2. The van der Waals surface area contributed by atoms with Crippen LogP contribution in [0, 0.1) is 0 Å². The number of carbonyl (C=O) groups excluding carboxylic acids is 1. The zero-order chi connectivity index (χ0) is 10.1. The molecule has 1 aromatic rings. The molecule has 1 rings (SSSR count). The number of furan rings is 1. The van der Waals surface area contributed by atoms with Crippen LogP contribution in [0.15, 0.2) is 21.8 Å². The lowest BCUT2D eigenvalue weighted by Crippen LogP contribution is -2.11. The van der Waals surface area contributed by atoms with Crippen LogP contribution in [0.3, 0.4) is 0 Å². The van der Waals surface area contributed by atoms with Gasteiger partial charge < -0.3 is 9.15 Å². The Balaban J connectivity index is 3.07. The van der Waals surface area contributed by atoms with Crippen molar-refractivity contribution in [3.05, 3.63) is 17.9 Å². The van der Waals surface area contributed by atoms with Crippen molar-refractivity contribution >= 4 is 16.0 Å². The summed E-state index contributed by atoms with van der Waals surface area (Å²) in [6.07, 6.45) is 0.964. The number of ether oxygens (including phenoxy) is 1. The quantitative estimate of drug-likeness (QED) is 0.669. The third-order valence-electron chi connectivity index (χ3n) is 1.28. The van der Waals surface area contributed by atoms with Crippen molar-refractivity contribution in [2.75, 3.05) is 7.11 Å². The minimum absolute atomic E-state index is 0.00604. The van der Waals surface area contributed by atoms with E-state index >= 15 is 0 Å². The van der Waals surface area contributed by atoms with Crippen LogP contribution in [0.25, 0.3) is 0 Å². The first-order valence-corrected chi connectivity index (χ1v) is 4.69. The van der Waals surface area contributed by atoms with Crippen molar-refractivity contribution in [1.29, 1.82) is 0 Å². The van der Waals surface area contributed by atoms with Gasteiger partial charge >= 0.3 is 5.97 Å². The average Bonchev–Trinajstić information content (AvgIpc) is 2.50. The van der Waals surface area contributed by atoms with Gasteiger partial charge in [0.15, 0.2) is 0 Å². The first kappa shape index (κ1) is 9.75. The van der Waals surface area contributed by atoms with E-state index in [9.17, 15) is 13.2 Å². The van der Waals surface area contributed by atoms with Gasteiger partial charge in [-0.15, -0.1) is 0 Å². The monoisotopic (exact) mass is 205 g/mol. The molecule has 1 aromatic heterocycles. The minimum atomic E-state index is -3.90. The van der Waals surface area contributed by atoms with Gasteiger partial charge in [0, 0.05) is 6.07 Å². The van der Waals surface area contributed by atoms with Crippen molar-refractivity contribution < 1.29 is 22.4 Å². The van der Waals surface area contributed by atoms with E-state index in [4.69, 9.17) is 5.14 Å². The molecule has 0 aromatic carbocycles. The van der Waals surface area contributed by atoms with Gasteiger partial charge in [0.25, 0.3) is 10.0 Å². The number of hydrogen-bond donors (Lipinski definition) is 1. The molecule has 1 heterocycles. The number of primary sulfonamides is 1. The second-order valence-corrected chi connectivity index (χ2v) is 3.68. The lowest BCUT2D eigenvalue weighted by molar-refractivity contribution is 0.0600. The Kier molecular flexibility index (Phi) is 2.39. The van der Waals surface area contributed by atoms with E-state index in [0.717, 1.165) is 12.3 Å². The third kappa shape index (κ3) is 2.07. The van der Waals surface area contributed by atoms with Gasteiger partial charge in [-0.1, -0.05) is 0 Å². The third-order valence-corrected chi connectivity index (χ3v) is 2.05. The Morgan fingerprint density at radius 2 is 2.23 bits per heavy atom. The summed E-state index contributed by atoms with van der Waals surface area (Å²) in [5.74, 6) is -0.682. The first-order chi connectivity index (χ1) is 5.95. The smallest absolute Gasteiger partial charge is 0.341 e. The summed E-state index contributed by atoms with van der Waals surface area (Å²) in [6, 6.07) is 1.00. The second kappa shape index (κ2) is 3.19. The van der Waals surface area contributed by atoms with Crippen LogP contribution in [0.2, 0.25) is 0 Å². The van der Waals surface area contributed by atoms with E-state index in [-0.39, 0.29) is 5.56 Å². The SMILES string of the molecule is COC(=O)c1coc(S(N)(=O)=O)c1. The molecule has 0 aliphatic heterocycles. The number of methoxy groups -OCH3 is 1. The first-order valence-electron chi connectivity index (χ1n) is 3.15. The van der Waals surface area contributed by atoms with E-state index in [1.54, 1.807) is 0 Å². The number of rotatable bonds is 2. The Morgan fingerprint density at radius 1 is 1.62 bits per heavy atom. The van der Waals surface area contributed by atoms with Crippen molar-refractivity contribution in [2.24, 2.45) is 5.14 Å². The number of carbonyl (C=O) groups is 1. The average molecular weight is 205 g/mol. The van der Waals surface area contributed by atoms with Crippen molar-refractivity contribution in [3.63, 3.8) is 0 Å². The zero-order valence-electron chi connectivity index (χ0n) is 6.68. The van der Waals surface area contributed by atoms with Crippen molar-refractivity contribution in [3.8, 4) is 0 Å². The van der Waals surface area contributed by atoms with E-state index in [0.29, 0.717) is 0 Å². The summed E-state index contributed by atoms with van der Waals surface area (Å²) in [7, 11) is -2.73. The fourth-order valence-corrected chi connectivity index (χ4v) is 1.16. The van der Waals surface area contributed by atoms with E-state index < -0.39 is 21.1 Å². The van der Waals surface area contributed by atoms with Gasteiger partial charge in [0.05, 0.1) is 12.7 Å². The summed E-state index contributed by atoms with van der Waals surface area (Å²) in [5, 5.41) is 4.27. The maximum atomic E-state index is 10.8. The largest absolute Gasteiger partial charge is 0.465 e. The van der Waals surface area contributed by atoms with Gasteiger partial charge in [0.1, 0.15) is 6.26 Å². The fourth-order valence-electron chi connectivity index (χ4n) is 0.691. The van der Waals surface area contributed by atoms with E-state index in [1.165, 1.54) is 7.11 Å². The van der Waals surface area contributed by atoms with Crippen LogP contribution >= 0.6 is 0 Å². The number of esters is 1. The highest BCUT2D eigenvalue weighted by Gasteiger charge is 2.16. The maximum absolute atomic E-state index is 10.8. The molecule has 0 fully saturated rings. The molecular formula is C6H7NO5S. The Morgan fingerprint density at radius 3 is 2.62 bits per heavy atom. The highest BCUT2D eigenvalue weighted by Crippen LogP contribution is 2.12. The summed E-state index contributed by atoms with van der Waals surface area (Å²) >= 11 is 0. The molecule has 0 aliphatic carbocycles. The molecule has 6 nitrogen and oxygen atoms in total. The molecule has 0 aliphatic rings. The maximum Gasteiger partial charge on any atom is 0.341 e. The molecule has 0 atom stereocenters. The Bertz CT molecular complexity index is 418. The summed E-state index contributed by atoms with van der Waals surface area (Å²) in [4.78, 5) is 10.8. The van der Waals surface area contributed by atoms with Gasteiger partial charge in [0.2, 0.25) is 5.09 Å². The van der Waals surface area contributed by atoms with Gasteiger partial charge in [-0.2, -0.15) is 0 Å². The van der Waals surface area contributed by atoms with E-state index in [2.05, 4.69) is 9.15 Å².